The van der Waals surface area contributed by atoms with Crippen LogP contribution >= 0.6 is 12.4 Å². The van der Waals surface area contributed by atoms with Crippen LogP contribution in [0.5, 0.6) is 5.75 Å². The van der Waals surface area contributed by atoms with Gasteiger partial charge in [-0.3, -0.25) is 0 Å². The van der Waals surface area contributed by atoms with Gasteiger partial charge in [-0.15, -0.1) is 12.4 Å². The Kier molecular flexibility index (Phi) is 7.27. The topological polar surface area (TPSA) is 48.3 Å². The van der Waals surface area contributed by atoms with Crippen molar-refractivity contribution in [2.45, 2.75) is 6.42 Å². The molecule has 0 radical (unpaired) electrons. The fraction of sp³-hybridized carbons (Fsp3) is 0.500. The molecule has 0 unspecified atom stereocenters. The van der Waals surface area contributed by atoms with Gasteiger partial charge in [-0.25, -0.2) is 0 Å². The molecule has 4 nitrogen and oxygen atoms in total. The average Bonchev–Trinajstić information content (AvgIpc) is 2.45. The first kappa shape index (κ1) is 15.8. The van der Waals surface area contributed by atoms with Crippen LogP contribution in [0.2, 0.25) is 0 Å². The number of nitriles is 1. The number of hydrogen-bond acceptors (Lipinski definition) is 4. The zero-order valence-electron chi connectivity index (χ0n) is 11.0. The van der Waals surface area contributed by atoms with E-state index < -0.39 is 0 Å². The Balaban J connectivity index is 0.00000180. The van der Waals surface area contributed by atoms with Crippen molar-refractivity contribution in [2.24, 2.45) is 0 Å². The maximum absolute atomic E-state index is 8.69. The van der Waals surface area contributed by atoms with Gasteiger partial charge in [-0.05, 0) is 30.7 Å². The van der Waals surface area contributed by atoms with E-state index in [4.69, 9.17) is 10.00 Å². The van der Waals surface area contributed by atoms with E-state index in [1.165, 1.54) is 0 Å². The zero-order valence-corrected chi connectivity index (χ0v) is 11.8. The van der Waals surface area contributed by atoms with E-state index in [0.717, 1.165) is 51.5 Å². The second kappa shape index (κ2) is 8.76. The first-order valence-corrected chi connectivity index (χ1v) is 6.44. The quantitative estimate of drug-likeness (QED) is 0.834. The molecule has 0 spiro atoms. The first-order chi connectivity index (χ1) is 8.88. The van der Waals surface area contributed by atoms with Crippen molar-refractivity contribution in [3.05, 3.63) is 29.8 Å². The van der Waals surface area contributed by atoms with Crippen LogP contribution in [0.4, 0.5) is 0 Å². The summed E-state index contributed by atoms with van der Waals surface area (Å²) < 4.78 is 5.64. The minimum absolute atomic E-state index is 0. The molecule has 1 aliphatic heterocycles. The highest BCUT2D eigenvalue weighted by Crippen LogP contribution is 2.11. The smallest absolute Gasteiger partial charge is 0.119 e. The van der Waals surface area contributed by atoms with E-state index in [0.29, 0.717) is 5.56 Å². The van der Waals surface area contributed by atoms with Gasteiger partial charge in [0, 0.05) is 32.7 Å². The Morgan fingerprint density at radius 2 is 1.89 bits per heavy atom. The summed E-state index contributed by atoms with van der Waals surface area (Å²) in [5.74, 6) is 0.842. The van der Waals surface area contributed by atoms with E-state index in [1.54, 1.807) is 12.1 Å². The third kappa shape index (κ3) is 5.48. The third-order valence-corrected chi connectivity index (χ3v) is 3.08. The van der Waals surface area contributed by atoms with Crippen molar-refractivity contribution in [3.63, 3.8) is 0 Å². The summed E-state index contributed by atoms with van der Waals surface area (Å²) in [7, 11) is 0. The average molecular weight is 282 g/mol. The van der Waals surface area contributed by atoms with Gasteiger partial charge in [-0.2, -0.15) is 5.26 Å². The molecule has 1 fully saturated rings. The number of halogens is 1. The van der Waals surface area contributed by atoms with Gasteiger partial charge in [0.2, 0.25) is 0 Å². The normalized spacial score (nSPS) is 15.3. The highest BCUT2D eigenvalue weighted by Gasteiger charge is 2.08. The Morgan fingerprint density at radius 3 is 2.53 bits per heavy atom. The lowest BCUT2D eigenvalue weighted by Gasteiger charge is -2.26. The van der Waals surface area contributed by atoms with Crippen molar-refractivity contribution < 1.29 is 4.74 Å². The molecule has 5 heteroatoms. The number of ether oxygens (including phenoxy) is 1. The van der Waals surface area contributed by atoms with Crippen LogP contribution in [-0.4, -0.2) is 44.2 Å². The molecule has 1 N–H and O–H groups in total. The van der Waals surface area contributed by atoms with Gasteiger partial charge in [0.1, 0.15) is 5.75 Å². The molecule has 0 bridgehead atoms. The summed E-state index contributed by atoms with van der Waals surface area (Å²) in [4.78, 5) is 2.46. The van der Waals surface area contributed by atoms with Gasteiger partial charge in [-0.1, -0.05) is 0 Å². The molecule has 0 amide bonds. The SMILES string of the molecule is Cl.N#Cc1ccc(OCCCN2CCNCC2)cc1. The van der Waals surface area contributed by atoms with E-state index in [1.807, 2.05) is 12.1 Å². The Morgan fingerprint density at radius 1 is 1.21 bits per heavy atom. The Hall–Kier alpha value is -1.28. The summed E-state index contributed by atoms with van der Waals surface area (Å²) in [5, 5.41) is 12.0. The second-order valence-electron chi connectivity index (χ2n) is 4.43. The van der Waals surface area contributed by atoms with E-state index in [2.05, 4.69) is 16.3 Å². The van der Waals surface area contributed by atoms with Crippen molar-refractivity contribution in [2.75, 3.05) is 39.3 Å². The van der Waals surface area contributed by atoms with Crippen molar-refractivity contribution in [3.8, 4) is 11.8 Å². The predicted molar refractivity (Wildman–Crippen MR) is 77.8 cm³/mol. The van der Waals surface area contributed by atoms with Gasteiger partial charge in [0.05, 0.1) is 18.2 Å². The number of rotatable bonds is 5. The molecule has 1 heterocycles. The van der Waals surface area contributed by atoms with Gasteiger partial charge >= 0.3 is 0 Å². The first-order valence-electron chi connectivity index (χ1n) is 6.44. The summed E-state index contributed by atoms with van der Waals surface area (Å²) in [6, 6.07) is 9.36. The van der Waals surface area contributed by atoms with E-state index >= 15 is 0 Å². The Labute approximate surface area is 120 Å². The molecule has 1 saturated heterocycles. The Bertz CT molecular complexity index is 396. The predicted octanol–water partition coefficient (Wildman–Crippen LogP) is 1.65. The monoisotopic (exact) mass is 281 g/mol. The van der Waals surface area contributed by atoms with Crippen LogP contribution in [-0.2, 0) is 0 Å². The molecule has 0 saturated carbocycles. The van der Waals surface area contributed by atoms with Gasteiger partial charge in [0.15, 0.2) is 0 Å². The van der Waals surface area contributed by atoms with Crippen molar-refractivity contribution in [1.29, 1.82) is 5.26 Å². The lowest BCUT2D eigenvalue weighted by atomic mass is 10.2. The molecule has 19 heavy (non-hydrogen) atoms. The second-order valence-corrected chi connectivity index (χ2v) is 4.43. The molecule has 2 rings (SSSR count). The van der Waals surface area contributed by atoms with Crippen molar-refractivity contribution in [1.82, 2.24) is 10.2 Å². The molecule has 1 aromatic rings. The molecule has 1 aliphatic rings. The molecular weight excluding hydrogens is 262 g/mol. The van der Waals surface area contributed by atoms with Crippen LogP contribution in [0.1, 0.15) is 12.0 Å². The van der Waals surface area contributed by atoms with Crippen LogP contribution in [0.3, 0.4) is 0 Å². The number of nitrogens with zero attached hydrogens (tertiary/aromatic N) is 2. The summed E-state index contributed by atoms with van der Waals surface area (Å²) in [5.41, 5.74) is 0.670. The van der Waals surface area contributed by atoms with Crippen LogP contribution < -0.4 is 10.1 Å². The molecular formula is C14H20ClN3O. The highest BCUT2D eigenvalue weighted by molar-refractivity contribution is 5.85. The summed E-state index contributed by atoms with van der Waals surface area (Å²) in [6.45, 7) is 6.29. The fourth-order valence-corrected chi connectivity index (χ4v) is 2.04. The van der Waals surface area contributed by atoms with E-state index in [-0.39, 0.29) is 12.4 Å². The van der Waals surface area contributed by atoms with Crippen molar-refractivity contribution >= 4 is 12.4 Å². The fourth-order valence-electron chi connectivity index (χ4n) is 2.04. The number of nitrogens with one attached hydrogen (secondary N) is 1. The van der Waals surface area contributed by atoms with Crippen LogP contribution in [0.25, 0.3) is 0 Å². The van der Waals surface area contributed by atoms with Crippen LogP contribution in [0.15, 0.2) is 24.3 Å². The maximum Gasteiger partial charge on any atom is 0.119 e. The molecule has 0 atom stereocenters. The summed E-state index contributed by atoms with van der Waals surface area (Å²) >= 11 is 0. The lowest BCUT2D eigenvalue weighted by Crippen LogP contribution is -2.43. The minimum atomic E-state index is 0. The number of benzene rings is 1. The van der Waals surface area contributed by atoms with Gasteiger partial charge < -0.3 is 15.0 Å². The third-order valence-electron chi connectivity index (χ3n) is 3.08. The van der Waals surface area contributed by atoms with E-state index in [9.17, 15) is 0 Å². The minimum Gasteiger partial charge on any atom is -0.494 e. The molecule has 1 aromatic carbocycles. The largest absolute Gasteiger partial charge is 0.494 e. The lowest BCUT2D eigenvalue weighted by molar-refractivity contribution is 0.214. The summed E-state index contributed by atoms with van der Waals surface area (Å²) in [6.07, 6.45) is 1.04. The zero-order chi connectivity index (χ0) is 12.6. The molecule has 0 aliphatic carbocycles. The maximum atomic E-state index is 8.69. The van der Waals surface area contributed by atoms with Gasteiger partial charge in [0.25, 0.3) is 0 Å². The highest BCUT2D eigenvalue weighted by atomic mass is 35.5. The van der Waals surface area contributed by atoms with Crippen LogP contribution in [0, 0.1) is 11.3 Å². The standard InChI is InChI=1S/C14H19N3O.ClH/c15-12-13-2-4-14(5-3-13)18-11-1-8-17-9-6-16-7-10-17;/h2-5,16H,1,6-11H2;1H. The number of piperazine rings is 1. The number of hydrogen-bond donors (Lipinski definition) is 1. The molecule has 0 aromatic heterocycles. The molecule has 104 valence electrons.